The van der Waals surface area contributed by atoms with E-state index >= 15 is 0 Å². The van der Waals surface area contributed by atoms with Crippen molar-refractivity contribution in [3.8, 4) is 0 Å². The number of thioether (sulfide) groups is 1. The monoisotopic (exact) mass is 180 g/mol. The first-order valence-electron chi connectivity index (χ1n) is 3.18. The summed E-state index contributed by atoms with van der Waals surface area (Å²) >= 11 is 1.40. The lowest BCUT2D eigenvalue weighted by Crippen LogP contribution is -1.93. The Kier molecular flexibility index (Phi) is 1.61. The average Bonchev–Trinajstić information content (AvgIpc) is 2.47. The predicted molar refractivity (Wildman–Crippen MR) is 42.7 cm³/mol. The van der Waals surface area contributed by atoms with Crippen LogP contribution in [0.15, 0.2) is 21.6 Å². The second-order valence-corrected chi connectivity index (χ2v) is 2.87. The van der Waals surface area contributed by atoms with Crippen molar-refractivity contribution < 1.29 is 4.79 Å². The van der Waals surface area contributed by atoms with Crippen LogP contribution in [0.1, 0.15) is 10.4 Å². The molecule has 0 aliphatic carbocycles. The third-order valence-corrected chi connectivity index (χ3v) is 1.96. The molecule has 12 heavy (non-hydrogen) atoms. The number of azo groups is 1. The summed E-state index contributed by atoms with van der Waals surface area (Å²) in [7, 11) is 0. The Balaban J connectivity index is 2.54. The van der Waals surface area contributed by atoms with Gasteiger partial charge in [-0.15, -0.1) is 10.2 Å². The maximum absolute atomic E-state index is 10.9. The Morgan fingerprint density at radius 1 is 1.42 bits per heavy atom. The Bertz CT molecular complexity index is 376. The fourth-order valence-electron chi connectivity index (χ4n) is 0.829. The van der Waals surface area contributed by atoms with Gasteiger partial charge in [-0.2, -0.15) is 0 Å². The van der Waals surface area contributed by atoms with E-state index in [9.17, 15) is 4.79 Å². The molecule has 0 saturated heterocycles. The lowest BCUT2D eigenvalue weighted by molar-refractivity contribution is 0.100. The Labute approximate surface area is 72.3 Å². The highest BCUT2D eigenvalue weighted by molar-refractivity contribution is 7.98. The molecule has 1 aromatic heterocycles. The van der Waals surface area contributed by atoms with E-state index in [4.69, 9.17) is 0 Å². The molecule has 1 aliphatic heterocycles. The second kappa shape index (κ2) is 2.63. The zero-order chi connectivity index (χ0) is 8.55. The largest absolute Gasteiger partial charge is 0.300 e. The minimum absolute atomic E-state index is 0.363. The van der Waals surface area contributed by atoms with E-state index in [1.165, 1.54) is 18.0 Å². The van der Waals surface area contributed by atoms with Gasteiger partial charge in [0.15, 0.2) is 11.0 Å². The summed E-state index contributed by atoms with van der Waals surface area (Å²) in [5.74, 6) is 0.0111. The van der Waals surface area contributed by atoms with Crippen molar-refractivity contribution in [3.05, 3.63) is 11.8 Å². The highest BCUT2D eigenvalue weighted by atomic mass is 32.2. The number of amides is 1. The van der Waals surface area contributed by atoms with Gasteiger partial charge in [0.05, 0.1) is 0 Å². The molecule has 0 saturated carbocycles. The fourth-order valence-corrected chi connectivity index (χ4v) is 1.17. The summed E-state index contributed by atoms with van der Waals surface area (Å²) in [5, 5.41) is 7.55. The highest BCUT2D eigenvalue weighted by Crippen LogP contribution is 2.24. The Morgan fingerprint density at radius 2 is 2.25 bits per heavy atom. The van der Waals surface area contributed by atoms with Crippen LogP contribution < -0.4 is 0 Å². The van der Waals surface area contributed by atoms with E-state index in [-0.39, 0.29) is 5.91 Å². The standard InChI is InChI=1S/C6H4N4OS/c1-12-6-7-2-3-4(8-6)9-10-5(3)11/h2H,1H3. The summed E-state index contributed by atoms with van der Waals surface area (Å²) in [6, 6.07) is 0. The number of hydrogen-bond acceptors (Lipinski definition) is 5. The van der Waals surface area contributed by atoms with Crippen molar-refractivity contribution in [2.75, 3.05) is 6.26 Å². The first-order chi connectivity index (χ1) is 5.81. The summed E-state index contributed by atoms with van der Waals surface area (Å²) in [5.41, 5.74) is 0.382. The molecule has 0 fully saturated rings. The van der Waals surface area contributed by atoms with Crippen LogP contribution in [0.4, 0.5) is 5.82 Å². The predicted octanol–water partition coefficient (Wildman–Crippen LogP) is 1.44. The van der Waals surface area contributed by atoms with Gasteiger partial charge in [0.25, 0.3) is 0 Å². The number of carbonyl (C=O) groups is 1. The lowest BCUT2D eigenvalue weighted by atomic mass is 10.3. The summed E-state index contributed by atoms with van der Waals surface area (Å²) in [4.78, 5) is 18.8. The van der Waals surface area contributed by atoms with Crippen molar-refractivity contribution in [1.29, 1.82) is 0 Å². The summed E-state index contributed by atoms with van der Waals surface area (Å²) < 4.78 is 0. The molecule has 2 rings (SSSR count). The maximum Gasteiger partial charge on any atom is 0.300 e. The average molecular weight is 180 g/mol. The number of fused-ring (bicyclic) bond motifs is 1. The van der Waals surface area contributed by atoms with Gasteiger partial charge in [-0.05, 0) is 6.26 Å². The van der Waals surface area contributed by atoms with Gasteiger partial charge in [-0.3, -0.25) is 4.79 Å². The minimum Gasteiger partial charge on any atom is -0.265 e. The molecule has 0 unspecified atom stereocenters. The molecule has 0 spiro atoms. The van der Waals surface area contributed by atoms with Crippen LogP contribution in [0.3, 0.4) is 0 Å². The molecule has 0 aromatic carbocycles. The zero-order valence-electron chi connectivity index (χ0n) is 6.18. The molecule has 1 aromatic rings. The van der Waals surface area contributed by atoms with Crippen molar-refractivity contribution >= 4 is 23.5 Å². The first kappa shape index (κ1) is 7.35. The molecule has 1 aliphatic rings. The molecule has 0 bridgehead atoms. The van der Waals surface area contributed by atoms with Crippen LogP contribution in [0.2, 0.25) is 0 Å². The number of rotatable bonds is 1. The van der Waals surface area contributed by atoms with Crippen molar-refractivity contribution in [3.63, 3.8) is 0 Å². The second-order valence-electron chi connectivity index (χ2n) is 2.10. The van der Waals surface area contributed by atoms with Crippen molar-refractivity contribution in [1.82, 2.24) is 9.97 Å². The van der Waals surface area contributed by atoms with Crippen LogP contribution in [0.5, 0.6) is 0 Å². The third kappa shape index (κ3) is 1.00. The molecule has 0 atom stereocenters. The van der Waals surface area contributed by atoms with E-state index in [2.05, 4.69) is 20.2 Å². The molecule has 6 heteroatoms. The number of aromatic nitrogens is 2. The minimum atomic E-state index is -0.363. The topological polar surface area (TPSA) is 67.6 Å². The highest BCUT2D eigenvalue weighted by Gasteiger charge is 2.19. The fraction of sp³-hybridized carbons (Fsp3) is 0.167. The van der Waals surface area contributed by atoms with Gasteiger partial charge in [0.2, 0.25) is 0 Å². The summed E-state index contributed by atoms with van der Waals surface area (Å²) in [6.07, 6.45) is 3.31. The molecule has 0 radical (unpaired) electrons. The van der Waals surface area contributed by atoms with Gasteiger partial charge in [0, 0.05) is 6.20 Å². The zero-order valence-corrected chi connectivity index (χ0v) is 7.00. The maximum atomic E-state index is 10.9. The van der Waals surface area contributed by atoms with Crippen molar-refractivity contribution in [2.45, 2.75) is 5.16 Å². The molecule has 0 N–H and O–H groups in total. The van der Waals surface area contributed by atoms with E-state index < -0.39 is 0 Å². The number of nitrogens with zero attached hydrogens (tertiary/aromatic N) is 4. The van der Waals surface area contributed by atoms with Crippen LogP contribution in [0.25, 0.3) is 0 Å². The third-order valence-electron chi connectivity index (χ3n) is 1.40. The van der Waals surface area contributed by atoms with Gasteiger partial charge >= 0.3 is 5.91 Å². The number of hydrogen-bond donors (Lipinski definition) is 0. The van der Waals surface area contributed by atoms with E-state index in [1.54, 1.807) is 0 Å². The summed E-state index contributed by atoms with van der Waals surface area (Å²) in [6.45, 7) is 0. The van der Waals surface area contributed by atoms with Gasteiger partial charge in [-0.25, -0.2) is 9.97 Å². The Morgan fingerprint density at radius 3 is 3.00 bits per heavy atom. The van der Waals surface area contributed by atoms with E-state index in [1.807, 2.05) is 6.26 Å². The van der Waals surface area contributed by atoms with Gasteiger partial charge in [-0.1, -0.05) is 11.8 Å². The number of carbonyl (C=O) groups excluding carboxylic acids is 1. The van der Waals surface area contributed by atoms with E-state index in [0.29, 0.717) is 16.5 Å². The smallest absolute Gasteiger partial charge is 0.265 e. The molecular weight excluding hydrogens is 176 g/mol. The van der Waals surface area contributed by atoms with Crippen molar-refractivity contribution in [2.24, 2.45) is 10.2 Å². The normalized spacial score (nSPS) is 13.6. The SMILES string of the molecule is CSc1ncc2c(n1)N=NC2=O. The quantitative estimate of drug-likeness (QED) is 0.484. The van der Waals surface area contributed by atoms with Gasteiger partial charge < -0.3 is 0 Å². The molecular formula is C6H4N4OS. The molecule has 60 valence electrons. The van der Waals surface area contributed by atoms with Crippen LogP contribution in [0, 0.1) is 0 Å². The van der Waals surface area contributed by atoms with Crippen LogP contribution >= 0.6 is 11.8 Å². The Hall–Kier alpha value is -1.30. The molecule has 1 amide bonds. The van der Waals surface area contributed by atoms with Crippen LogP contribution in [-0.4, -0.2) is 22.1 Å². The van der Waals surface area contributed by atoms with E-state index in [0.717, 1.165) is 0 Å². The molecule has 2 heterocycles. The lowest BCUT2D eigenvalue weighted by Gasteiger charge is -1.94. The first-order valence-corrected chi connectivity index (χ1v) is 4.41. The molecule has 5 nitrogen and oxygen atoms in total. The van der Waals surface area contributed by atoms with Gasteiger partial charge in [0.1, 0.15) is 5.56 Å². The van der Waals surface area contributed by atoms with Crippen LogP contribution in [-0.2, 0) is 0 Å².